The standard InChI is InChI=1S/C47H34N2/c1-47-28-10-9-16-43(47)42-31-37(24-27-46(42)49(47)38-13-3-2-4-14-38)34-20-18-33(19-21-34)36-23-26-45-41(30-36)40-15-7-8-17-44(40)48(45)39-25-22-32-11-5-6-12-35(32)29-39/h2-31,43H,1H3. The molecule has 2 heteroatoms. The highest BCUT2D eigenvalue weighted by molar-refractivity contribution is 6.10. The van der Waals surface area contributed by atoms with Gasteiger partial charge in [0.05, 0.1) is 16.6 Å². The lowest BCUT2D eigenvalue weighted by atomic mass is 9.80. The van der Waals surface area contributed by atoms with Crippen LogP contribution in [0.15, 0.2) is 182 Å². The first-order valence-corrected chi connectivity index (χ1v) is 17.1. The lowest BCUT2D eigenvalue weighted by Crippen LogP contribution is -2.41. The summed E-state index contributed by atoms with van der Waals surface area (Å²) in [5.41, 5.74) is 12.3. The number of anilines is 2. The Balaban J connectivity index is 1.02. The summed E-state index contributed by atoms with van der Waals surface area (Å²) in [4.78, 5) is 2.51. The first kappa shape index (κ1) is 27.9. The van der Waals surface area contributed by atoms with Crippen LogP contribution in [0.5, 0.6) is 0 Å². The van der Waals surface area contributed by atoms with E-state index in [1.165, 1.54) is 77.5 Å². The Kier molecular flexibility index (Phi) is 6.10. The van der Waals surface area contributed by atoms with E-state index < -0.39 is 0 Å². The molecule has 0 fully saturated rings. The maximum atomic E-state index is 2.51. The third-order valence-corrected chi connectivity index (χ3v) is 10.8. The van der Waals surface area contributed by atoms with Gasteiger partial charge >= 0.3 is 0 Å². The SMILES string of the molecule is CC12C=CC=CC1c1cc(-c3ccc(-c4ccc5c(c4)c4ccccc4n5-c4ccc5ccccc5c4)cc3)ccc1N2c1ccccc1. The van der Waals surface area contributed by atoms with Crippen molar-refractivity contribution in [3.63, 3.8) is 0 Å². The molecular weight excluding hydrogens is 593 g/mol. The van der Waals surface area contributed by atoms with Crippen molar-refractivity contribution in [1.29, 1.82) is 0 Å². The first-order valence-electron chi connectivity index (χ1n) is 17.1. The van der Waals surface area contributed by atoms with Crippen LogP contribution in [-0.4, -0.2) is 10.1 Å². The highest BCUT2D eigenvalue weighted by Gasteiger charge is 2.46. The van der Waals surface area contributed by atoms with Crippen molar-refractivity contribution in [2.24, 2.45) is 0 Å². The molecule has 8 aromatic rings. The second-order valence-electron chi connectivity index (χ2n) is 13.6. The minimum atomic E-state index is -0.142. The van der Waals surface area contributed by atoms with Gasteiger partial charge in [0, 0.05) is 33.8 Å². The molecule has 49 heavy (non-hydrogen) atoms. The van der Waals surface area contributed by atoms with E-state index in [-0.39, 0.29) is 11.5 Å². The Hall–Kier alpha value is -6.12. The van der Waals surface area contributed by atoms with E-state index in [1.54, 1.807) is 0 Å². The molecule has 0 saturated carbocycles. The third-order valence-electron chi connectivity index (χ3n) is 10.8. The fourth-order valence-electron chi connectivity index (χ4n) is 8.40. The van der Waals surface area contributed by atoms with Crippen molar-refractivity contribution in [2.75, 3.05) is 4.90 Å². The van der Waals surface area contributed by atoms with E-state index in [4.69, 9.17) is 0 Å². The topological polar surface area (TPSA) is 8.17 Å². The predicted octanol–water partition coefficient (Wildman–Crippen LogP) is 12.4. The molecule has 232 valence electrons. The molecule has 0 N–H and O–H groups in total. The van der Waals surface area contributed by atoms with Gasteiger partial charge in [0.25, 0.3) is 0 Å². The lowest BCUT2D eigenvalue weighted by molar-refractivity contribution is 0.542. The second kappa shape index (κ2) is 10.7. The average Bonchev–Trinajstić information content (AvgIpc) is 3.63. The lowest BCUT2D eigenvalue weighted by Gasteiger charge is -2.39. The zero-order valence-corrected chi connectivity index (χ0v) is 27.3. The van der Waals surface area contributed by atoms with Gasteiger partial charge in [-0.15, -0.1) is 0 Å². The Labute approximate surface area is 286 Å². The second-order valence-corrected chi connectivity index (χ2v) is 13.6. The maximum absolute atomic E-state index is 2.51. The molecule has 7 aromatic carbocycles. The van der Waals surface area contributed by atoms with Crippen molar-refractivity contribution in [1.82, 2.24) is 4.57 Å². The zero-order valence-electron chi connectivity index (χ0n) is 27.3. The Morgan fingerprint density at radius 1 is 0.490 bits per heavy atom. The van der Waals surface area contributed by atoms with Crippen molar-refractivity contribution in [2.45, 2.75) is 18.4 Å². The number of allylic oxidation sites excluding steroid dienone is 2. The smallest absolute Gasteiger partial charge is 0.0712 e. The zero-order chi connectivity index (χ0) is 32.5. The van der Waals surface area contributed by atoms with Gasteiger partial charge in [0.1, 0.15) is 0 Å². The van der Waals surface area contributed by atoms with Gasteiger partial charge in [-0.25, -0.2) is 0 Å². The minimum Gasteiger partial charge on any atom is -0.331 e. The van der Waals surface area contributed by atoms with Gasteiger partial charge in [0.2, 0.25) is 0 Å². The van der Waals surface area contributed by atoms with Crippen LogP contribution >= 0.6 is 0 Å². The number of rotatable bonds is 4. The van der Waals surface area contributed by atoms with Crippen LogP contribution in [0.2, 0.25) is 0 Å². The fraction of sp³-hybridized carbons (Fsp3) is 0.0638. The van der Waals surface area contributed by atoms with Gasteiger partial charge in [0.15, 0.2) is 0 Å². The highest BCUT2D eigenvalue weighted by atomic mass is 15.2. The first-order chi connectivity index (χ1) is 24.2. The quantitative estimate of drug-likeness (QED) is 0.189. The molecule has 0 spiro atoms. The van der Waals surface area contributed by atoms with E-state index in [9.17, 15) is 0 Å². The minimum absolute atomic E-state index is 0.142. The van der Waals surface area contributed by atoms with Gasteiger partial charge in [-0.1, -0.05) is 127 Å². The van der Waals surface area contributed by atoms with Crippen molar-refractivity contribution < 1.29 is 0 Å². The molecular formula is C47H34N2. The summed E-state index contributed by atoms with van der Waals surface area (Å²) >= 11 is 0. The molecule has 2 nitrogen and oxygen atoms in total. The molecule has 0 radical (unpaired) electrons. The van der Waals surface area contributed by atoms with Gasteiger partial charge in [-0.05, 0) is 100 Å². The van der Waals surface area contributed by atoms with Crippen molar-refractivity contribution in [3.05, 3.63) is 188 Å². The fourth-order valence-corrected chi connectivity index (χ4v) is 8.40. The highest BCUT2D eigenvalue weighted by Crippen LogP contribution is 2.54. The predicted molar refractivity (Wildman–Crippen MR) is 207 cm³/mol. The van der Waals surface area contributed by atoms with Crippen molar-refractivity contribution >= 4 is 44.0 Å². The average molecular weight is 627 g/mol. The summed E-state index contributed by atoms with van der Waals surface area (Å²) < 4.78 is 2.40. The van der Waals surface area contributed by atoms with Crippen LogP contribution in [0.1, 0.15) is 18.4 Å². The molecule has 0 amide bonds. The third kappa shape index (κ3) is 4.27. The molecule has 2 unspecified atom stereocenters. The van der Waals surface area contributed by atoms with E-state index >= 15 is 0 Å². The number of para-hydroxylation sites is 2. The summed E-state index contributed by atoms with van der Waals surface area (Å²) in [7, 11) is 0. The molecule has 1 aliphatic heterocycles. The van der Waals surface area contributed by atoms with Crippen LogP contribution in [-0.2, 0) is 0 Å². The largest absolute Gasteiger partial charge is 0.331 e. The van der Waals surface area contributed by atoms with Crippen LogP contribution in [0.25, 0.3) is 60.5 Å². The Morgan fingerprint density at radius 2 is 1.16 bits per heavy atom. The molecule has 1 aromatic heterocycles. The summed E-state index contributed by atoms with van der Waals surface area (Å²) in [5.74, 6) is 0.287. The maximum Gasteiger partial charge on any atom is 0.0712 e. The number of benzene rings is 7. The van der Waals surface area contributed by atoms with E-state index in [0.29, 0.717) is 0 Å². The molecule has 2 atom stereocenters. The van der Waals surface area contributed by atoms with Crippen LogP contribution in [0.3, 0.4) is 0 Å². The summed E-state index contributed by atoms with van der Waals surface area (Å²) in [5, 5.41) is 5.05. The summed E-state index contributed by atoms with van der Waals surface area (Å²) in [6.07, 6.45) is 9.11. The normalized spacial score (nSPS) is 18.0. The van der Waals surface area contributed by atoms with Crippen LogP contribution in [0.4, 0.5) is 11.4 Å². The molecule has 0 saturated heterocycles. The summed E-state index contributed by atoms with van der Waals surface area (Å²) in [6.45, 7) is 2.36. The Bertz CT molecular complexity index is 2620. The molecule has 2 aliphatic rings. The number of fused-ring (bicyclic) bond motifs is 7. The Morgan fingerprint density at radius 3 is 2.00 bits per heavy atom. The molecule has 10 rings (SSSR count). The van der Waals surface area contributed by atoms with Crippen molar-refractivity contribution in [3.8, 4) is 27.9 Å². The van der Waals surface area contributed by atoms with E-state index in [0.717, 1.165) is 0 Å². The van der Waals surface area contributed by atoms with E-state index in [2.05, 4.69) is 198 Å². The summed E-state index contributed by atoms with van der Waals surface area (Å²) in [6, 6.07) is 57.9. The number of hydrogen-bond donors (Lipinski definition) is 0. The molecule has 1 aliphatic carbocycles. The van der Waals surface area contributed by atoms with Gasteiger partial charge in [-0.2, -0.15) is 0 Å². The van der Waals surface area contributed by atoms with Crippen LogP contribution < -0.4 is 4.90 Å². The van der Waals surface area contributed by atoms with Gasteiger partial charge in [-0.3, -0.25) is 0 Å². The van der Waals surface area contributed by atoms with Crippen LogP contribution in [0, 0.1) is 0 Å². The van der Waals surface area contributed by atoms with E-state index in [1.807, 2.05) is 0 Å². The molecule has 0 bridgehead atoms. The number of hydrogen-bond acceptors (Lipinski definition) is 1. The van der Waals surface area contributed by atoms with Gasteiger partial charge < -0.3 is 9.47 Å². The monoisotopic (exact) mass is 626 g/mol. The number of aromatic nitrogens is 1. The number of nitrogens with zero attached hydrogens (tertiary/aromatic N) is 2. The molecule has 2 heterocycles.